The molecule has 0 aliphatic carbocycles. The monoisotopic (exact) mass is 591 g/mol. The van der Waals surface area contributed by atoms with Gasteiger partial charge in [0.05, 0.1) is 19.8 Å². The molecule has 7 N–H and O–H groups in total. The van der Waals surface area contributed by atoms with Gasteiger partial charge in [0, 0.05) is 39.5 Å². The van der Waals surface area contributed by atoms with E-state index < -0.39 is 74.6 Å². The van der Waals surface area contributed by atoms with Crippen LogP contribution in [0.1, 0.15) is 20.7 Å². The summed E-state index contributed by atoms with van der Waals surface area (Å²) in [7, 11) is 0. The lowest BCUT2D eigenvalue weighted by atomic mass is 9.97. The highest BCUT2D eigenvalue weighted by atomic mass is 16.7. The molecular weight excluding hydrogens is 558 g/mol. The second kappa shape index (κ2) is 12.8. The highest BCUT2D eigenvalue weighted by Crippen LogP contribution is 2.32. The average Bonchev–Trinajstić information content (AvgIpc) is 3.32. The number of carbonyl (C=O) groups is 2. The molecule has 228 valence electrons. The van der Waals surface area contributed by atoms with Gasteiger partial charge in [-0.1, -0.05) is 0 Å². The third-order valence-corrected chi connectivity index (χ3v) is 7.74. The number of benzene rings is 2. The zero-order valence-corrected chi connectivity index (χ0v) is 22.2. The zero-order valence-electron chi connectivity index (χ0n) is 22.2. The van der Waals surface area contributed by atoms with Gasteiger partial charge in [0.2, 0.25) is 0 Å². The SMILES string of the molecule is O=Cc1ccc2c(c1)c1cc(C=O)ccc1n2CCO[C@H]1O[C@H](CO)[C@@H](O[C@H]2O[C@H](CO)[C@@H](O)[C@H](O)[C@H]2O)[C@H](O)[C@H]1O. The van der Waals surface area contributed by atoms with E-state index in [1.54, 1.807) is 36.4 Å². The van der Waals surface area contributed by atoms with Crippen molar-refractivity contribution in [2.45, 2.75) is 68.0 Å². The van der Waals surface area contributed by atoms with Crippen LogP contribution in [0.15, 0.2) is 36.4 Å². The molecule has 0 unspecified atom stereocenters. The van der Waals surface area contributed by atoms with Gasteiger partial charge < -0.3 is 59.3 Å². The van der Waals surface area contributed by atoms with Crippen LogP contribution in [0.2, 0.25) is 0 Å². The maximum atomic E-state index is 11.4. The first-order chi connectivity index (χ1) is 20.2. The molecule has 0 radical (unpaired) electrons. The molecule has 2 aliphatic rings. The highest BCUT2D eigenvalue weighted by molar-refractivity contribution is 6.10. The molecule has 3 heterocycles. The summed E-state index contributed by atoms with van der Waals surface area (Å²) in [6.07, 6.45) is -14.0. The number of hydrogen-bond acceptors (Lipinski definition) is 13. The van der Waals surface area contributed by atoms with Crippen LogP contribution < -0.4 is 0 Å². The van der Waals surface area contributed by atoms with E-state index in [0.29, 0.717) is 11.1 Å². The molecule has 0 amide bonds. The van der Waals surface area contributed by atoms with Crippen molar-refractivity contribution in [3.63, 3.8) is 0 Å². The average molecular weight is 592 g/mol. The Morgan fingerprint density at radius 3 is 1.81 bits per heavy atom. The first-order valence-electron chi connectivity index (χ1n) is 13.4. The maximum absolute atomic E-state index is 11.4. The van der Waals surface area contributed by atoms with Crippen LogP contribution >= 0.6 is 0 Å². The number of carbonyl (C=O) groups excluding carboxylic acids is 2. The number of aliphatic hydroxyl groups is 7. The lowest BCUT2D eigenvalue weighted by Gasteiger charge is -2.45. The molecule has 3 aromatic rings. The molecule has 14 heteroatoms. The Balaban J connectivity index is 1.29. The van der Waals surface area contributed by atoms with Gasteiger partial charge in [-0.15, -0.1) is 0 Å². The van der Waals surface area contributed by atoms with Gasteiger partial charge in [0.25, 0.3) is 0 Å². The molecule has 2 saturated heterocycles. The number of aromatic nitrogens is 1. The number of aldehydes is 2. The van der Waals surface area contributed by atoms with Crippen LogP contribution in [-0.4, -0.2) is 134 Å². The fourth-order valence-corrected chi connectivity index (χ4v) is 5.48. The predicted octanol–water partition coefficient (Wildman–Crippen LogP) is -1.94. The Labute approximate surface area is 238 Å². The van der Waals surface area contributed by atoms with Gasteiger partial charge in [-0.05, 0) is 36.4 Å². The molecule has 2 aromatic carbocycles. The second-order valence-corrected chi connectivity index (χ2v) is 10.3. The van der Waals surface area contributed by atoms with Crippen molar-refractivity contribution in [3.05, 3.63) is 47.5 Å². The van der Waals surface area contributed by atoms with Crippen molar-refractivity contribution >= 4 is 34.4 Å². The predicted molar refractivity (Wildman–Crippen MR) is 143 cm³/mol. The highest BCUT2D eigenvalue weighted by Gasteiger charge is 2.50. The van der Waals surface area contributed by atoms with Crippen LogP contribution in [0.5, 0.6) is 0 Å². The second-order valence-electron chi connectivity index (χ2n) is 10.3. The van der Waals surface area contributed by atoms with Crippen molar-refractivity contribution < 1.29 is 64.3 Å². The van der Waals surface area contributed by atoms with Gasteiger partial charge >= 0.3 is 0 Å². The van der Waals surface area contributed by atoms with Gasteiger partial charge in [0.15, 0.2) is 12.6 Å². The molecule has 2 aliphatic heterocycles. The Bertz CT molecular complexity index is 1340. The minimum absolute atomic E-state index is 0.0193. The van der Waals surface area contributed by atoms with Gasteiger partial charge in [0.1, 0.15) is 61.4 Å². The summed E-state index contributed by atoms with van der Waals surface area (Å²) in [6, 6.07) is 10.3. The summed E-state index contributed by atoms with van der Waals surface area (Å²) >= 11 is 0. The van der Waals surface area contributed by atoms with E-state index in [9.17, 15) is 45.3 Å². The summed E-state index contributed by atoms with van der Waals surface area (Å²) in [6.45, 7) is -1.15. The Morgan fingerprint density at radius 2 is 1.26 bits per heavy atom. The Hall–Kier alpha value is -2.86. The van der Waals surface area contributed by atoms with Crippen molar-refractivity contribution in [1.29, 1.82) is 0 Å². The van der Waals surface area contributed by atoms with Crippen molar-refractivity contribution in [2.24, 2.45) is 0 Å². The minimum atomic E-state index is -1.77. The molecule has 5 rings (SSSR count). The maximum Gasteiger partial charge on any atom is 0.187 e. The van der Waals surface area contributed by atoms with Crippen molar-refractivity contribution in [2.75, 3.05) is 19.8 Å². The number of ether oxygens (including phenoxy) is 4. The van der Waals surface area contributed by atoms with E-state index in [1.807, 2.05) is 4.57 Å². The first kappa shape index (κ1) is 30.6. The number of aliphatic hydroxyl groups excluding tert-OH is 7. The molecule has 10 atom stereocenters. The van der Waals surface area contributed by atoms with Gasteiger partial charge in [-0.2, -0.15) is 0 Å². The normalized spacial score (nSPS) is 33.7. The fourth-order valence-electron chi connectivity index (χ4n) is 5.48. The molecule has 0 saturated carbocycles. The van der Waals surface area contributed by atoms with Crippen molar-refractivity contribution in [1.82, 2.24) is 4.57 Å². The molecule has 1 aromatic heterocycles. The van der Waals surface area contributed by atoms with Gasteiger partial charge in [-0.25, -0.2) is 0 Å². The van der Waals surface area contributed by atoms with Crippen LogP contribution in [0.4, 0.5) is 0 Å². The summed E-state index contributed by atoms with van der Waals surface area (Å²) in [5.41, 5.74) is 2.48. The fraction of sp³-hybridized carbons (Fsp3) is 0.500. The van der Waals surface area contributed by atoms with Crippen LogP contribution in [0.3, 0.4) is 0 Å². The minimum Gasteiger partial charge on any atom is -0.394 e. The smallest absolute Gasteiger partial charge is 0.187 e. The van der Waals surface area contributed by atoms with Crippen LogP contribution in [0.25, 0.3) is 21.8 Å². The third kappa shape index (κ3) is 5.59. The van der Waals surface area contributed by atoms with E-state index in [4.69, 9.17) is 18.9 Å². The topological polar surface area (TPSA) is 218 Å². The largest absolute Gasteiger partial charge is 0.394 e. The summed E-state index contributed by atoms with van der Waals surface area (Å²) in [5.74, 6) is 0. The van der Waals surface area contributed by atoms with Gasteiger partial charge in [-0.3, -0.25) is 9.59 Å². The summed E-state index contributed by atoms with van der Waals surface area (Å²) < 4.78 is 24.2. The summed E-state index contributed by atoms with van der Waals surface area (Å²) in [5, 5.41) is 72.7. The molecule has 14 nitrogen and oxygen atoms in total. The lowest BCUT2D eigenvalue weighted by Crippen LogP contribution is -2.64. The molecule has 2 fully saturated rings. The molecular formula is C28H33NO13. The van der Waals surface area contributed by atoms with Crippen LogP contribution in [-0.2, 0) is 25.5 Å². The van der Waals surface area contributed by atoms with E-state index >= 15 is 0 Å². The quantitative estimate of drug-likeness (QED) is 0.128. The molecule has 0 bridgehead atoms. The van der Waals surface area contributed by atoms with E-state index in [0.717, 1.165) is 34.4 Å². The first-order valence-corrected chi connectivity index (χ1v) is 13.4. The number of hydrogen-bond donors (Lipinski definition) is 7. The number of fused-ring (bicyclic) bond motifs is 3. The Kier molecular flexibility index (Phi) is 9.31. The van der Waals surface area contributed by atoms with Crippen molar-refractivity contribution in [3.8, 4) is 0 Å². The van der Waals surface area contributed by atoms with E-state index in [1.165, 1.54) is 0 Å². The third-order valence-electron chi connectivity index (χ3n) is 7.74. The number of rotatable bonds is 10. The standard InChI is InChI=1S/C28H33NO13/c30-9-13-1-3-17-15(7-13)16-8-14(10-31)2-4-18(16)29(17)5-6-39-27-25(38)23(36)26(20(12-33)41-27)42-28-24(37)22(35)21(34)19(11-32)40-28/h1-4,7-10,19-28,32-38H,5-6,11-12H2/t19-,20-,21-,22+,23-,24-,25-,26-,27+,28-/m1/s1. The zero-order chi connectivity index (χ0) is 30.1. The molecule has 0 spiro atoms. The number of nitrogens with zero attached hydrogens (tertiary/aromatic N) is 1. The molecule has 42 heavy (non-hydrogen) atoms. The van der Waals surface area contributed by atoms with E-state index in [2.05, 4.69) is 0 Å². The van der Waals surface area contributed by atoms with E-state index in [-0.39, 0.29) is 13.2 Å². The Morgan fingerprint density at radius 1 is 0.714 bits per heavy atom. The summed E-state index contributed by atoms with van der Waals surface area (Å²) in [4.78, 5) is 22.7. The van der Waals surface area contributed by atoms with Crippen LogP contribution in [0, 0.1) is 0 Å². The lowest BCUT2D eigenvalue weighted by molar-refractivity contribution is -0.359.